The summed E-state index contributed by atoms with van der Waals surface area (Å²) in [6.45, 7) is 0.997. The number of alkyl carbamates (subject to hydrolysis) is 1. The Bertz CT molecular complexity index is 463. The van der Waals surface area contributed by atoms with Gasteiger partial charge >= 0.3 is 6.09 Å². The first-order valence-corrected chi connectivity index (χ1v) is 8.52. The van der Waals surface area contributed by atoms with Crippen LogP contribution in [0.1, 0.15) is 44.1 Å². The molecule has 1 heterocycles. The number of nitrogens with one attached hydrogen (secondary N) is 2. The van der Waals surface area contributed by atoms with Crippen LogP contribution in [0.2, 0.25) is 0 Å². The first-order chi connectivity index (χ1) is 10.8. The summed E-state index contributed by atoms with van der Waals surface area (Å²) in [6.07, 6.45) is 7.58. The van der Waals surface area contributed by atoms with Gasteiger partial charge in [0.1, 0.15) is 6.61 Å². The summed E-state index contributed by atoms with van der Waals surface area (Å²) in [4.78, 5) is 11.8. The lowest BCUT2D eigenvalue weighted by atomic mass is 9.94. The molecule has 3 rings (SSSR count). The smallest absolute Gasteiger partial charge is 0.407 e. The van der Waals surface area contributed by atoms with Gasteiger partial charge in [-0.05, 0) is 30.7 Å². The fraction of sp³-hybridized carbons (Fsp3) is 0.611. The minimum atomic E-state index is -0.322. The minimum absolute atomic E-state index is 0.322. The SMILES string of the molecule is O=C(NC[C@@H]1C[C@@H]2CCCCC[C@H]2N1)OCc1ccccc1. The third-order valence-corrected chi connectivity index (χ3v) is 4.90. The standard InChI is InChI=1S/C18H26N2O2/c21-18(22-13-14-7-3-1-4-8-14)19-12-16-11-15-9-5-2-6-10-17(15)20-16/h1,3-4,7-8,15-17,20H,2,5-6,9-13H2,(H,19,21)/t15-,16-,17+/m0/s1. The van der Waals surface area contributed by atoms with Crippen molar-refractivity contribution in [3.05, 3.63) is 35.9 Å². The van der Waals surface area contributed by atoms with Gasteiger partial charge in [0.2, 0.25) is 0 Å². The highest BCUT2D eigenvalue weighted by atomic mass is 16.5. The molecule has 2 fully saturated rings. The zero-order chi connectivity index (χ0) is 15.2. The highest BCUT2D eigenvalue weighted by molar-refractivity contribution is 5.67. The van der Waals surface area contributed by atoms with Crippen molar-refractivity contribution in [1.29, 1.82) is 0 Å². The minimum Gasteiger partial charge on any atom is -0.445 e. The summed E-state index contributed by atoms with van der Waals surface area (Å²) < 4.78 is 5.25. The van der Waals surface area contributed by atoms with Crippen LogP contribution in [-0.4, -0.2) is 24.7 Å². The second kappa shape index (κ2) is 7.63. The molecule has 0 aromatic heterocycles. The largest absolute Gasteiger partial charge is 0.445 e. The average Bonchev–Trinajstić information content (AvgIpc) is 2.81. The van der Waals surface area contributed by atoms with E-state index in [1.54, 1.807) is 0 Å². The van der Waals surface area contributed by atoms with E-state index in [1.165, 1.54) is 38.5 Å². The summed E-state index contributed by atoms with van der Waals surface area (Å²) in [5, 5.41) is 6.59. The number of carbonyl (C=O) groups excluding carboxylic acids is 1. The van der Waals surface area contributed by atoms with Gasteiger partial charge in [-0.15, -0.1) is 0 Å². The van der Waals surface area contributed by atoms with E-state index in [0.29, 0.717) is 25.2 Å². The van der Waals surface area contributed by atoms with Gasteiger partial charge in [-0.2, -0.15) is 0 Å². The number of amides is 1. The lowest BCUT2D eigenvalue weighted by molar-refractivity contribution is 0.138. The number of hydrogen-bond acceptors (Lipinski definition) is 3. The molecule has 0 bridgehead atoms. The zero-order valence-corrected chi connectivity index (χ0v) is 13.1. The molecule has 0 unspecified atom stereocenters. The second-order valence-electron chi connectivity index (χ2n) is 6.55. The van der Waals surface area contributed by atoms with Crippen LogP contribution in [0.5, 0.6) is 0 Å². The zero-order valence-electron chi connectivity index (χ0n) is 13.1. The summed E-state index contributed by atoms with van der Waals surface area (Å²) in [6, 6.07) is 10.8. The van der Waals surface area contributed by atoms with E-state index in [9.17, 15) is 4.79 Å². The Labute approximate surface area is 132 Å². The molecule has 1 saturated carbocycles. The molecule has 1 saturated heterocycles. The molecule has 120 valence electrons. The van der Waals surface area contributed by atoms with E-state index in [-0.39, 0.29) is 6.09 Å². The van der Waals surface area contributed by atoms with Crippen molar-refractivity contribution in [3.8, 4) is 0 Å². The Morgan fingerprint density at radius 2 is 2.00 bits per heavy atom. The molecule has 0 radical (unpaired) electrons. The molecule has 2 N–H and O–H groups in total. The molecule has 1 aliphatic carbocycles. The number of ether oxygens (including phenoxy) is 1. The summed E-state index contributed by atoms with van der Waals surface area (Å²) >= 11 is 0. The van der Waals surface area contributed by atoms with Gasteiger partial charge < -0.3 is 15.4 Å². The van der Waals surface area contributed by atoms with Crippen molar-refractivity contribution in [2.75, 3.05) is 6.54 Å². The van der Waals surface area contributed by atoms with Crippen LogP contribution in [0, 0.1) is 5.92 Å². The van der Waals surface area contributed by atoms with Gasteiger partial charge in [-0.25, -0.2) is 4.79 Å². The van der Waals surface area contributed by atoms with Crippen LogP contribution < -0.4 is 10.6 Å². The molecular weight excluding hydrogens is 276 g/mol. The first-order valence-electron chi connectivity index (χ1n) is 8.52. The Kier molecular flexibility index (Phi) is 5.33. The molecule has 1 aliphatic heterocycles. The molecule has 3 atom stereocenters. The van der Waals surface area contributed by atoms with Crippen LogP contribution in [0.3, 0.4) is 0 Å². The van der Waals surface area contributed by atoms with Crippen molar-refractivity contribution >= 4 is 6.09 Å². The third-order valence-electron chi connectivity index (χ3n) is 4.90. The molecule has 0 spiro atoms. The number of rotatable bonds is 4. The van der Waals surface area contributed by atoms with E-state index in [1.807, 2.05) is 30.3 Å². The monoisotopic (exact) mass is 302 g/mol. The number of carbonyl (C=O) groups is 1. The van der Waals surface area contributed by atoms with Crippen molar-refractivity contribution in [2.24, 2.45) is 5.92 Å². The lowest BCUT2D eigenvalue weighted by Gasteiger charge is -2.15. The summed E-state index contributed by atoms with van der Waals surface area (Å²) in [5.74, 6) is 0.801. The van der Waals surface area contributed by atoms with Crippen molar-refractivity contribution < 1.29 is 9.53 Å². The summed E-state index contributed by atoms with van der Waals surface area (Å²) in [5.41, 5.74) is 1.01. The van der Waals surface area contributed by atoms with E-state index in [4.69, 9.17) is 4.74 Å². The molecule has 4 nitrogen and oxygen atoms in total. The fourth-order valence-electron chi connectivity index (χ4n) is 3.75. The summed E-state index contributed by atoms with van der Waals surface area (Å²) in [7, 11) is 0. The Morgan fingerprint density at radius 3 is 2.86 bits per heavy atom. The molecule has 1 aromatic rings. The molecule has 2 aliphatic rings. The Morgan fingerprint density at radius 1 is 1.18 bits per heavy atom. The van der Waals surface area contributed by atoms with Crippen LogP contribution in [0.25, 0.3) is 0 Å². The Hall–Kier alpha value is -1.55. The van der Waals surface area contributed by atoms with E-state index >= 15 is 0 Å². The van der Waals surface area contributed by atoms with Gasteiger partial charge in [0.15, 0.2) is 0 Å². The molecule has 22 heavy (non-hydrogen) atoms. The quantitative estimate of drug-likeness (QED) is 0.898. The highest BCUT2D eigenvalue weighted by Gasteiger charge is 2.33. The molecule has 4 heteroatoms. The van der Waals surface area contributed by atoms with Gasteiger partial charge in [0, 0.05) is 18.6 Å². The van der Waals surface area contributed by atoms with E-state index in [2.05, 4.69) is 10.6 Å². The predicted octanol–water partition coefficient (Wildman–Crippen LogP) is 3.22. The lowest BCUT2D eigenvalue weighted by Crippen LogP contribution is -2.40. The number of benzene rings is 1. The second-order valence-corrected chi connectivity index (χ2v) is 6.55. The maximum atomic E-state index is 11.8. The first kappa shape index (κ1) is 15.3. The third kappa shape index (κ3) is 4.23. The molecular formula is C18H26N2O2. The highest BCUT2D eigenvalue weighted by Crippen LogP contribution is 2.31. The molecule has 1 aromatic carbocycles. The number of hydrogen-bond donors (Lipinski definition) is 2. The van der Waals surface area contributed by atoms with Gasteiger partial charge in [-0.1, -0.05) is 49.6 Å². The van der Waals surface area contributed by atoms with Crippen LogP contribution in [-0.2, 0) is 11.3 Å². The van der Waals surface area contributed by atoms with E-state index < -0.39 is 0 Å². The normalized spacial score (nSPS) is 27.7. The molecule has 1 amide bonds. The van der Waals surface area contributed by atoms with Gasteiger partial charge in [0.25, 0.3) is 0 Å². The van der Waals surface area contributed by atoms with Gasteiger partial charge in [-0.3, -0.25) is 0 Å². The predicted molar refractivity (Wildman–Crippen MR) is 86.5 cm³/mol. The average molecular weight is 302 g/mol. The van der Waals surface area contributed by atoms with Crippen LogP contribution in [0.15, 0.2) is 30.3 Å². The topological polar surface area (TPSA) is 50.4 Å². The Balaban J connectivity index is 1.37. The van der Waals surface area contributed by atoms with Crippen molar-refractivity contribution in [1.82, 2.24) is 10.6 Å². The number of fused-ring (bicyclic) bond motifs is 1. The fourth-order valence-corrected chi connectivity index (χ4v) is 3.75. The van der Waals surface area contributed by atoms with Crippen molar-refractivity contribution in [2.45, 2.75) is 57.2 Å². The van der Waals surface area contributed by atoms with Crippen molar-refractivity contribution in [3.63, 3.8) is 0 Å². The maximum absolute atomic E-state index is 11.8. The van der Waals surface area contributed by atoms with Gasteiger partial charge in [0.05, 0.1) is 0 Å². The van der Waals surface area contributed by atoms with Crippen LogP contribution >= 0.6 is 0 Å². The maximum Gasteiger partial charge on any atom is 0.407 e. The van der Waals surface area contributed by atoms with Crippen LogP contribution in [0.4, 0.5) is 4.79 Å². The van der Waals surface area contributed by atoms with E-state index in [0.717, 1.165) is 11.5 Å².